The molecule has 0 spiro atoms. The molecule has 20 heavy (non-hydrogen) atoms. The zero-order valence-corrected chi connectivity index (χ0v) is 10.8. The number of benzene rings is 1. The molecule has 0 amide bonds. The van der Waals surface area contributed by atoms with Crippen LogP contribution < -0.4 is 5.73 Å². The van der Waals surface area contributed by atoms with Gasteiger partial charge in [0, 0.05) is 16.8 Å². The highest BCUT2D eigenvalue weighted by Gasteiger charge is 2.12. The summed E-state index contributed by atoms with van der Waals surface area (Å²) in [5, 5.41) is 8.65. The summed E-state index contributed by atoms with van der Waals surface area (Å²) in [5.74, 6) is -1.44. The number of aryl methyl sites for hydroxylation is 1. The second-order valence-corrected chi connectivity index (χ2v) is 4.33. The van der Waals surface area contributed by atoms with E-state index in [1.807, 2.05) is 0 Å². The number of nitrogens with two attached hydrogens (primary N) is 1. The molecule has 0 aliphatic heterocycles. The monoisotopic (exact) mass is 271 g/mol. The van der Waals surface area contributed by atoms with Crippen molar-refractivity contribution in [3.8, 4) is 11.3 Å². The number of rotatable bonds is 4. The van der Waals surface area contributed by atoms with Crippen molar-refractivity contribution in [1.82, 2.24) is 9.97 Å². The van der Waals surface area contributed by atoms with Crippen LogP contribution in [0, 0.1) is 6.92 Å². The van der Waals surface area contributed by atoms with E-state index >= 15 is 0 Å². The van der Waals surface area contributed by atoms with Crippen LogP contribution in [0.15, 0.2) is 30.3 Å². The quantitative estimate of drug-likeness (QED) is 0.647. The highest BCUT2D eigenvalue weighted by molar-refractivity contribution is 6.06. The van der Waals surface area contributed by atoms with Crippen molar-refractivity contribution in [2.75, 3.05) is 5.73 Å². The molecule has 3 N–H and O–H groups in total. The Kier molecular flexibility index (Phi) is 3.74. The van der Waals surface area contributed by atoms with Crippen LogP contribution in [0.25, 0.3) is 11.3 Å². The van der Waals surface area contributed by atoms with Gasteiger partial charge in [0.25, 0.3) is 0 Å². The summed E-state index contributed by atoms with van der Waals surface area (Å²) in [6, 6.07) is 8.38. The topological polar surface area (TPSA) is 106 Å². The third-order valence-electron chi connectivity index (χ3n) is 2.66. The van der Waals surface area contributed by atoms with Crippen LogP contribution in [0.5, 0.6) is 0 Å². The Labute approximate surface area is 115 Å². The van der Waals surface area contributed by atoms with E-state index in [1.54, 1.807) is 37.3 Å². The number of carbonyl (C=O) groups is 2. The fourth-order valence-corrected chi connectivity index (χ4v) is 1.83. The first-order valence-corrected chi connectivity index (χ1v) is 5.92. The number of carboxylic acid groups (broad SMARTS) is 1. The van der Waals surface area contributed by atoms with Crippen LogP contribution in [0.3, 0.4) is 0 Å². The van der Waals surface area contributed by atoms with Crippen molar-refractivity contribution in [3.63, 3.8) is 0 Å². The molecular formula is C14H13N3O3. The Balaban J connectivity index is 2.39. The fourth-order valence-electron chi connectivity index (χ4n) is 1.83. The first kappa shape index (κ1) is 13.7. The van der Waals surface area contributed by atoms with Crippen LogP contribution in [0.4, 0.5) is 5.95 Å². The van der Waals surface area contributed by atoms with E-state index in [2.05, 4.69) is 9.97 Å². The van der Waals surface area contributed by atoms with Crippen molar-refractivity contribution in [3.05, 3.63) is 41.6 Å². The van der Waals surface area contributed by atoms with Crippen molar-refractivity contribution < 1.29 is 14.7 Å². The van der Waals surface area contributed by atoms with Crippen LogP contribution >= 0.6 is 0 Å². The predicted octanol–water partition coefficient (Wildman–Crippen LogP) is 1.69. The largest absolute Gasteiger partial charge is 0.481 e. The molecule has 0 radical (unpaired) electrons. The minimum atomic E-state index is -1.15. The first-order valence-electron chi connectivity index (χ1n) is 5.92. The highest BCUT2D eigenvalue weighted by atomic mass is 16.4. The molecule has 0 saturated carbocycles. The van der Waals surface area contributed by atoms with Crippen LogP contribution in [0.2, 0.25) is 0 Å². The second kappa shape index (κ2) is 5.48. The van der Waals surface area contributed by atoms with Crippen LogP contribution in [-0.2, 0) is 4.79 Å². The van der Waals surface area contributed by atoms with Gasteiger partial charge in [0.2, 0.25) is 5.95 Å². The Bertz CT molecular complexity index is 663. The van der Waals surface area contributed by atoms with Crippen molar-refractivity contribution in [2.24, 2.45) is 0 Å². The van der Waals surface area contributed by atoms with Gasteiger partial charge >= 0.3 is 5.97 Å². The molecule has 6 nitrogen and oxygen atoms in total. The maximum atomic E-state index is 11.7. The summed E-state index contributed by atoms with van der Waals surface area (Å²) in [5.41, 5.74) is 7.93. The van der Waals surface area contributed by atoms with Gasteiger partial charge in [0.05, 0.1) is 5.69 Å². The Hall–Kier alpha value is -2.76. The maximum absolute atomic E-state index is 11.7. The molecule has 1 aromatic carbocycles. The van der Waals surface area contributed by atoms with E-state index in [1.165, 1.54) is 0 Å². The van der Waals surface area contributed by atoms with Crippen LogP contribution in [-0.4, -0.2) is 26.8 Å². The molecule has 0 fully saturated rings. The third kappa shape index (κ3) is 3.17. The second-order valence-electron chi connectivity index (χ2n) is 4.33. The lowest BCUT2D eigenvalue weighted by Crippen LogP contribution is -2.07. The molecule has 102 valence electrons. The molecule has 0 unspecified atom stereocenters. The fraction of sp³-hybridized carbons (Fsp3) is 0.143. The summed E-state index contributed by atoms with van der Waals surface area (Å²) in [7, 11) is 0. The number of hydrogen-bond donors (Lipinski definition) is 2. The number of Topliss-reactive ketones (excluding diaryl/α,β-unsaturated/α-hetero) is 1. The van der Waals surface area contributed by atoms with Gasteiger partial charge in [-0.2, -0.15) is 0 Å². The SMILES string of the molecule is Cc1cc(-c2cccc(C(=O)CC(=O)O)c2)nc(N)n1. The molecule has 2 aromatic rings. The lowest BCUT2D eigenvalue weighted by molar-refractivity contribution is -0.135. The molecule has 0 atom stereocenters. The standard InChI is InChI=1S/C14H13N3O3/c1-8-5-11(17-14(15)16-8)9-3-2-4-10(6-9)12(18)7-13(19)20/h2-6H,7H2,1H3,(H,19,20)(H2,15,16,17). The molecule has 1 aromatic heterocycles. The molecule has 0 bridgehead atoms. The summed E-state index contributed by atoms with van der Waals surface area (Å²) in [6.45, 7) is 1.79. The normalized spacial score (nSPS) is 10.2. The number of ketones is 1. The number of hydrogen-bond acceptors (Lipinski definition) is 5. The molecule has 0 aliphatic carbocycles. The predicted molar refractivity (Wildman–Crippen MR) is 73.2 cm³/mol. The van der Waals surface area contributed by atoms with Gasteiger partial charge in [0.1, 0.15) is 6.42 Å². The number of aromatic nitrogens is 2. The number of aliphatic carboxylic acids is 1. The highest BCUT2D eigenvalue weighted by Crippen LogP contribution is 2.20. The Morgan fingerprint density at radius 3 is 2.65 bits per heavy atom. The van der Waals surface area contributed by atoms with E-state index in [-0.39, 0.29) is 5.95 Å². The zero-order chi connectivity index (χ0) is 14.7. The van der Waals surface area contributed by atoms with Crippen molar-refractivity contribution in [1.29, 1.82) is 0 Å². The van der Waals surface area contributed by atoms with Crippen LogP contribution in [0.1, 0.15) is 22.5 Å². The number of carboxylic acids is 1. The Morgan fingerprint density at radius 2 is 2.00 bits per heavy atom. The van der Waals surface area contributed by atoms with Gasteiger partial charge in [0.15, 0.2) is 5.78 Å². The lowest BCUT2D eigenvalue weighted by atomic mass is 10.0. The van der Waals surface area contributed by atoms with Gasteiger partial charge in [-0.05, 0) is 19.1 Å². The lowest BCUT2D eigenvalue weighted by Gasteiger charge is -2.05. The van der Waals surface area contributed by atoms with Crippen molar-refractivity contribution >= 4 is 17.7 Å². The molecule has 0 aliphatic rings. The molecule has 6 heteroatoms. The smallest absolute Gasteiger partial charge is 0.311 e. The molecule has 1 heterocycles. The van der Waals surface area contributed by atoms with E-state index in [0.717, 1.165) is 5.69 Å². The molecule has 2 rings (SSSR count). The first-order chi connectivity index (χ1) is 9.45. The van der Waals surface area contributed by atoms with Gasteiger partial charge in [-0.1, -0.05) is 18.2 Å². The third-order valence-corrected chi connectivity index (χ3v) is 2.66. The summed E-state index contributed by atoms with van der Waals surface area (Å²) < 4.78 is 0. The van der Waals surface area contributed by atoms with Gasteiger partial charge in [-0.25, -0.2) is 9.97 Å². The summed E-state index contributed by atoms with van der Waals surface area (Å²) >= 11 is 0. The summed E-state index contributed by atoms with van der Waals surface area (Å²) in [4.78, 5) is 30.4. The van der Waals surface area contributed by atoms with Crippen molar-refractivity contribution in [2.45, 2.75) is 13.3 Å². The van der Waals surface area contributed by atoms with E-state index < -0.39 is 18.2 Å². The molecule has 0 saturated heterocycles. The maximum Gasteiger partial charge on any atom is 0.311 e. The van der Waals surface area contributed by atoms with Gasteiger partial charge in [-0.3, -0.25) is 9.59 Å². The number of nitrogen functional groups attached to an aromatic ring is 1. The summed E-state index contributed by atoms with van der Waals surface area (Å²) in [6.07, 6.45) is -0.533. The minimum absolute atomic E-state index is 0.155. The zero-order valence-electron chi connectivity index (χ0n) is 10.8. The average molecular weight is 271 g/mol. The average Bonchev–Trinajstić information content (AvgIpc) is 2.37. The molecular weight excluding hydrogens is 258 g/mol. The number of nitrogens with zero attached hydrogens (tertiary/aromatic N) is 2. The number of anilines is 1. The van der Waals surface area contributed by atoms with E-state index in [9.17, 15) is 9.59 Å². The minimum Gasteiger partial charge on any atom is -0.481 e. The Morgan fingerprint density at radius 1 is 1.25 bits per heavy atom. The van der Waals surface area contributed by atoms with E-state index in [4.69, 9.17) is 10.8 Å². The van der Waals surface area contributed by atoms with Gasteiger partial charge in [-0.15, -0.1) is 0 Å². The van der Waals surface area contributed by atoms with Gasteiger partial charge < -0.3 is 10.8 Å². The number of carbonyl (C=O) groups excluding carboxylic acids is 1. The van der Waals surface area contributed by atoms with E-state index in [0.29, 0.717) is 16.8 Å².